The standard InChI is InChI=1S/C7H14O2.C6H8O2/c1-2-3-4-5-6-7(8)9;1-3-5-8-6(7)4-2/h2-6H2,1H3,(H,8,9);3-4H,1-2,5H2. The fourth-order valence-electron chi connectivity index (χ4n) is 0.903. The van der Waals surface area contributed by atoms with Crippen molar-refractivity contribution in [2.75, 3.05) is 6.61 Å². The molecule has 0 heterocycles. The zero-order chi connectivity index (χ0) is 13.5. The van der Waals surface area contributed by atoms with Crippen LogP contribution in [0.25, 0.3) is 0 Å². The number of carbonyl (C=O) groups is 2. The number of hydrogen-bond acceptors (Lipinski definition) is 3. The highest BCUT2D eigenvalue weighted by molar-refractivity contribution is 5.81. The van der Waals surface area contributed by atoms with Gasteiger partial charge in [0.25, 0.3) is 0 Å². The topological polar surface area (TPSA) is 63.6 Å². The fourth-order valence-corrected chi connectivity index (χ4v) is 0.903. The van der Waals surface area contributed by atoms with Gasteiger partial charge < -0.3 is 9.84 Å². The average molecular weight is 242 g/mol. The Morgan fingerprint density at radius 2 is 1.88 bits per heavy atom. The van der Waals surface area contributed by atoms with Crippen molar-refractivity contribution >= 4 is 11.9 Å². The van der Waals surface area contributed by atoms with Crippen LogP contribution < -0.4 is 0 Å². The fraction of sp³-hybridized carbons (Fsp3) is 0.538. The van der Waals surface area contributed by atoms with Gasteiger partial charge in [0.15, 0.2) is 0 Å². The molecule has 0 unspecified atom stereocenters. The lowest BCUT2D eigenvalue weighted by atomic mass is 10.2. The van der Waals surface area contributed by atoms with E-state index in [0.717, 1.165) is 25.3 Å². The number of rotatable bonds is 8. The highest BCUT2D eigenvalue weighted by Crippen LogP contribution is 2.01. The lowest BCUT2D eigenvalue weighted by molar-refractivity contribution is -0.137. The summed E-state index contributed by atoms with van der Waals surface area (Å²) in [7, 11) is 0. The van der Waals surface area contributed by atoms with Crippen molar-refractivity contribution in [3.8, 4) is 0 Å². The van der Waals surface area contributed by atoms with Crippen molar-refractivity contribution in [2.24, 2.45) is 0 Å². The van der Waals surface area contributed by atoms with E-state index in [9.17, 15) is 9.59 Å². The molecular weight excluding hydrogens is 220 g/mol. The Balaban J connectivity index is 0. The van der Waals surface area contributed by atoms with Crippen LogP contribution in [0, 0.1) is 0 Å². The van der Waals surface area contributed by atoms with Crippen LogP contribution in [-0.4, -0.2) is 23.7 Å². The van der Waals surface area contributed by atoms with E-state index in [1.54, 1.807) is 0 Å². The summed E-state index contributed by atoms with van der Waals surface area (Å²) in [6.07, 6.45) is 7.17. The van der Waals surface area contributed by atoms with Crippen LogP contribution >= 0.6 is 0 Å². The maximum absolute atomic E-state index is 10.2. The van der Waals surface area contributed by atoms with E-state index in [2.05, 4.69) is 24.8 Å². The lowest BCUT2D eigenvalue weighted by Gasteiger charge is -1.92. The molecule has 0 radical (unpaired) electrons. The van der Waals surface area contributed by atoms with Gasteiger partial charge in [-0.2, -0.15) is 0 Å². The van der Waals surface area contributed by atoms with E-state index in [1.165, 1.54) is 12.5 Å². The number of aliphatic carboxylic acids is 1. The molecule has 0 amide bonds. The third-order valence-corrected chi connectivity index (χ3v) is 1.75. The Morgan fingerprint density at radius 3 is 2.29 bits per heavy atom. The minimum atomic E-state index is -0.675. The number of esters is 1. The third-order valence-electron chi connectivity index (χ3n) is 1.75. The van der Waals surface area contributed by atoms with Gasteiger partial charge in [0.2, 0.25) is 0 Å². The van der Waals surface area contributed by atoms with E-state index < -0.39 is 11.9 Å². The van der Waals surface area contributed by atoms with Gasteiger partial charge in [-0.05, 0) is 6.42 Å². The van der Waals surface area contributed by atoms with Crippen LogP contribution in [0.1, 0.15) is 39.0 Å². The van der Waals surface area contributed by atoms with Gasteiger partial charge in [-0.3, -0.25) is 4.79 Å². The minimum Gasteiger partial charge on any atom is -0.481 e. The van der Waals surface area contributed by atoms with Crippen LogP contribution in [0.15, 0.2) is 25.3 Å². The highest BCUT2D eigenvalue weighted by Gasteiger charge is 1.94. The molecule has 0 aromatic heterocycles. The number of carbonyl (C=O) groups excluding carboxylic acids is 1. The van der Waals surface area contributed by atoms with Gasteiger partial charge in [0, 0.05) is 12.5 Å². The van der Waals surface area contributed by atoms with Gasteiger partial charge in [0.05, 0.1) is 0 Å². The molecule has 0 aliphatic rings. The van der Waals surface area contributed by atoms with E-state index in [1.807, 2.05) is 0 Å². The predicted octanol–water partition coefficient (Wildman–Crippen LogP) is 2.94. The maximum Gasteiger partial charge on any atom is 0.330 e. The largest absolute Gasteiger partial charge is 0.481 e. The molecule has 0 aromatic carbocycles. The van der Waals surface area contributed by atoms with Crippen molar-refractivity contribution in [1.29, 1.82) is 0 Å². The second kappa shape index (κ2) is 14.4. The summed E-state index contributed by atoms with van der Waals surface area (Å²) in [4.78, 5) is 20.1. The first-order valence-corrected chi connectivity index (χ1v) is 5.70. The molecule has 0 rings (SSSR count). The molecule has 4 nitrogen and oxygen atoms in total. The third kappa shape index (κ3) is 20.5. The number of hydrogen-bond donors (Lipinski definition) is 1. The molecule has 0 aliphatic carbocycles. The Kier molecular flexibility index (Phi) is 15.1. The molecule has 0 aromatic rings. The summed E-state index contributed by atoms with van der Waals surface area (Å²) < 4.78 is 4.47. The normalized spacial score (nSPS) is 8.53. The Bertz CT molecular complexity index is 234. The van der Waals surface area contributed by atoms with E-state index in [0.29, 0.717) is 6.42 Å². The van der Waals surface area contributed by atoms with Gasteiger partial charge in [-0.25, -0.2) is 4.79 Å². The summed E-state index contributed by atoms with van der Waals surface area (Å²) in [5, 5.41) is 8.21. The van der Waals surface area contributed by atoms with Crippen molar-refractivity contribution in [3.63, 3.8) is 0 Å². The molecule has 17 heavy (non-hydrogen) atoms. The van der Waals surface area contributed by atoms with Gasteiger partial charge >= 0.3 is 11.9 Å². The zero-order valence-electron chi connectivity index (χ0n) is 10.5. The monoisotopic (exact) mass is 242 g/mol. The van der Waals surface area contributed by atoms with E-state index in [-0.39, 0.29) is 6.61 Å². The molecule has 0 bridgehead atoms. The quantitative estimate of drug-likeness (QED) is 0.307. The number of ether oxygens (including phenoxy) is 1. The van der Waals surface area contributed by atoms with Crippen molar-refractivity contribution in [3.05, 3.63) is 25.3 Å². The first kappa shape index (κ1) is 17.8. The Morgan fingerprint density at radius 1 is 1.24 bits per heavy atom. The minimum absolute atomic E-state index is 0.255. The van der Waals surface area contributed by atoms with Crippen LogP contribution in [0.3, 0.4) is 0 Å². The summed E-state index contributed by atoms with van der Waals surface area (Å²) in [6.45, 7) is 8.93. The smallest absolute Gasteiger partial charge is 0.330 e. The molecule has 4 heteroatoms. The van der Waals surface area contributed by atoms with Crippen LogP contribution in [0.2, 0.25) is 0 Å². The van der Waals surface area contributed by atoms with Gasteiger partial charge in [-0.1, -0.05) is 45.4 Å². The molecular formula is C13H22O4. The first-order chi connectivity index (χ1) is 8.08. The molecule has 0 saturated carbocycles. The zero-order valence-corrected chi connectivity index (χ0v) is 10.5. The average Bonchev–Trinajstić information content (AvgIpc) is 2.32. The molecule has 0 atom stereocenters. The summed E-state index contributed by atoms with van der Waals surface area (Å²) in [6, 6.07) is 0. The first-order valence-electron chi connectivity index (χ1n) is 5.70. The van der Waals surface area contributed by atoms with Crippen molar-refractivity contribution in [1.82, 2.24) is 0 Å². The second-order valence-corrected chi connectivity index (χ2v) is 3.33. The summed E-state index contributed by atoms with van der Waals surface area (Å²) >= 11 is 0. The summed E-state index contributed by atoms with van der Waals surface area (Å²) in [5.41, 5.74) is 0. The summed E-state index contributed by atoms with van der Waals surface area (Å²) in [5.74, 6) is -1.09. The number of carboxylic acid groups (broad SMARTS) is 1. The Hall–Kier alpha value is -1.58. The second-order valence-electron chi connectivity index (χ2n) is 3.33. The van der Waals surface area contributed by atoms with E-state index in [4.69, 9.17) is 5.11 Å². The highest BCUT2D eigenvalue weighted by atomic mass is 16.5. The molecule has 1 N–H and O–H groups in total. The molecule has 0 aliphatic heterocycles. The lowest BCUT2D eigenvalue weighted by Crippen LogP contribution is -1.98. The van der Waals surface area contributed by atoms with Crippen LogP contribution in [0.5, 0.6) is 0 Å². The molecule has 98 valence electrons. The van der Waals surface area contributed by atoms with Gasteiger partial charge in [0.1, 0.15) is 6.61 Å². The van der Waals surface area contributed by atoms with Crippen LogP contribution in [-0.2, 0) is 14.3 Å². The van der Waals surface area contributed by atoms with Crippen molar-refractivity contribution in [2.45, 2.75) is 39.0 Å². The van der Waals surface area contributed by atoms with Crippen molar-refractivity contribution < 1.29 is 19.4 Å². The molecule has 0 spiro atoms. The number of carboxylic acids is 1. The molecule has 0 saturated heterocycles. The van der Waals surface area contributed by atoms with Gasteiger partial charge in [-0.15, -0.1) is 0 Å². The SMILES string of the molecule is C=CCOC(=O)C=C.CCCCCCC(=O)O. The number of unbranched alkanes of at least 4 members (excludes halogenated alkanes) is 3. The van der Waals surface area contributed by atoms with Crippen LogP contribution in [0.4, 0.5) is 0 Å². The van der Waals surface area contributed by atoms with E-state index >= 15 is 0 Å². The molecule has 0 fully saturated rings. The maximum atomic E-state index is 10.2. The Labute approximate surface area is 103 Å². The predicted molar refractivity (Wildman–Crippen MR) is 67.7 cm³/mol.